The fourth-order valence-corrected chi connectivity index (χ4v) is 4.46. The summed E-state index contributed by atoms with van der Waals surface area (Å²) in [5, 5.41) is 13.2. The summed E-state index contributed by atoms with van der Waals surface area (Å²) >= 11 is 0. The van der Waals surface area contributed by atoms with E-state index >= 15 is 0 Å². The molecule has 2 N–H and O–H groups in total. The van der Waals surface area contributed by atoms with Gasteiger partial charge in [-0.05, 0) is 43.7 Å². The topological polar surface area (TPSA) is 61.8 Å². The molecular weight excluding hydrogens is 304 g/mol. The number of carbonyl (C=O) groups excluding carboxylic acids is 1. The number of hydrogen-bond donors (Lipinski definition) is 2. The first-order valence-corrected chi connectivity index (χ1v) is 9.12. The van der Waals surface area contributed by atoms with Gasteiger partial charge in [0, 0.05) is 24.3 Å². The van der Waals surface area contributed by atoms with Crippen molar-refractivity contribution >= 4 is 11.7 Å². The number of benzene rings is 1. The SMILES string of the molecule is O=C(NC(C1CCCO1)C1(CO)CCC1)N1CCc2ccccc21. The third-order valence-electron chi connectivity index (χ3n) is 6.07. The molecule has 0 radical (unpaired) electrons. The Balaban J connectivity index is 1.53. The van der Waals surface area contributed by atoms with Crippen LogP contribution in [0.3, 0.4) is 0 Å². The molecule has 1 saturated heterocycles. The van der Waals surface area contributed by atoms with Crippen molar-refractivity contribution < 1.29 is 14.6 Å². The molecule has 0 bridgehead atoms. The van der Waals surface area contributed by atoms with E-state index in [1.165, 1.54) is 5.56 Å². The van der Waals surface area contributed by atoms with Gasteiger partial charge in [0.1, 0.15) is 0 Å². The third kappa shape index (κ3) is 2.60. The summed E-state index contributed by atoms with van der Waals surface area (Å²) in [6.07, 6.45) is 5.97. The van der Waals surface area contributed by atoms with Gasteiger partial charge in [0.2, 0.25) is 0 Å². The smallest absolute Gasteiger partial charge is 0.322 e. The minimum Gasteiger partial charge on any atom is -0.396 e. The molecule has 2 unspecified atom stereocenters. The van der Waals surface area contributed by atoms with Gasteiger partial charge in [-0.2, -0.15) is 0 Å². The second-order valence-electron chi connectivity index (χ2n) is 7.38. The van der Waals surface area contributed by atoms with Crippen LogP contribution in [0.2, 0.25) is 0 Å². The number of carbonyl (C=O) groups is 1. The molecule has 2 atom stereocenters. The summed E-state index contributed by atoms with van der Waals surface area (Å²) in [4.78, 5) is 14.8. The summed E-state index contributed by atoms with van der Waals surface area (Å²) in [5.74, 6) is 0. The Morgan fingerprint density at radius 3 is 2.88 bits per heavy atom. The highest BCUT2D eigenvalue weighted by molar-refractivity contribution is 5.94. The number of amides is 2. The second kappa shape index (κ2) is 6.37. The van der Waals surface area contributed by atoms with Gasteiger partial charge in [0.25, 0.3) is 0 Å². The lowest BCUT2D eigenvalue weighted by Gasteiger charge is -2.48. The number of fused-ring (bicyclic) bond motifs is 1. The van der Waals surface area contributed by atoms with Gasteiger partial charge in [-0.3, -0.25) is 4.90 Å². The van der Waals surface area contributed by atoms with Crippen molar-refractivity contribution in [3.63, 3.8) is 0 Å². The number of hydrogen-bond acceptors (Lipinski definition) is 3. The standard InChI is InChI=1S/C19H26N2O3/c22-13-19(9-4-10-19)17(16-7-3-12-24-16)20-18(23)21-11-8-14-5-1-2-6-15(14)21/h1-2,5-6,16-17,22H,3-4,7-13H2,(H,20,23). The largest absolute Gasteiger partial charge is 0.396 e. The zero-order chi connectivity index (χ0) is 16.6. The fourth-order valence-electron chi connectivity index (χ4n) is 4.46. The van der Waals surface area contributed by atoms with Crippen LogP contribution in [-0.2, 0) is 11.2 Å². The summed E-state index contributed by atoms with van der Waals surface area (Å²) in [6.45, 7) is 1.59. The molecular formula is C19H26N2O3. The van der Waals surface area contributed by atoms with Crippen LogP contribution >= 0.6 is 0 Å². The van der Waals surface area contributed by atoms with Gasteiger partial charge in [0.15, 0.2) is 0 Å². The maximum atomic E-state index is 13.0. The van der Waals surface area contributed by atoms with E-state index in [-0.39, 0.29) is 30.2 Å². The van der Waals surface area contributed by atoms with Crippen molar-refractivity contribution in [2.24, 2.45) is 5.41 Å². The molecule has 24 heavy (non-hydrogen) atoms. The molecule has 5 heteroatoms. The van der Waals surface area contributed by atoms with Gasteiger partial charge in [0.05, 0.1) is 18.8 Å². The Morgan fingerprint density at radius 2 is 2.21 bits per heavy atom. The summed E-state index contributed by atoms with van der Waals surface area (Å²) < 4.78 is 5.89. The number of aliphatic hydroxyl groups is 1. The first kappa shape index (κ1) is 15.9. The highest BCUT2D eigenvalue weighted by Crippen LogP contribution is 2.46. The Hall–Kier alpha value is -1.59. The fraction of sp³-hybridized carbons (Fsp3) is 0.632. The van der Waals surface area contributed by atoms with E-state index in [0.717, 1.165) is 57.4 Å². The van der Waals surface area contributed by atoms with Crippen LogP contribution in [0.25, 0.3) is 0 Å². The number of anilines is 1. The molecule has 1 aromatic carbocycles. The third-order valence-corrected chi connectivity index (χ3v) is 6.07. The van der Waals surface area contributed by atoms with Gasteiger partial charge in [-0.25, -0.2) is 4.79 Å². The zero-order valence-electron chi connectivity index (χ0n) is 14.0. The van der Waals surface area contributed by atoms with E-state index in [0.29, 0.717) is 0 Å². The van der Waals surface area contributed by atoms with Crippen molar-refractivity contribution in [1.82, 2.24) is 5.32 Å². The quantitative estimate of drug-likeness (QED) is 0.891. The normalized spacial score (nSPS) is 25.9. The predicted octanol–water partition coefficient (Wildman–Crippen LogP) is 2.47. The number of ether oxygens (including phenoxy) is 1. The average Bonchev–Trinajstić information content (AvgIpc) is 3.23. The van der Waals surface area contributed by atoms with Gasteiger partial charge < -0.3 is 15.2 Å². The monoisotopic (exact) mass is 330 g/mol. The van der Waals surface area contributed by atoms with E-state index < -0.39 is 0 Å². The van der Waals surface area contributed by atoms with Crippen molar-refractivity contribution in [1.29, 1.82) is 0 Å². The zero-order valence-corrected chi connectivity index (χ0v) is 14.0. The van der Waals surface area contributed by atoms with Crippen LogP contribution in [0, 0.1) is 5.41 Å². The second-order valence-corrected chi connectivity index (χ2v) is 7.38. The Kier molecular flexibility index (Phi) is 4.22. The van der Waals surface area contributed by atoms with Gasteiger partial charge in [-0.15, -0.1) is 0 Å². The van der Waals surface area contributed by atoms with E-state index in [1.54, 1.807) is 0 Å². The Labute approximate surface area is 143 Å². The van der Waals surface area contributed by atoms with Crippen LogP contribution in [0.5, 0.6) is 0 Å². The summed E-state index contributed by atoms with van der Waals surface area (Å²) in [7, 11) is 0. The predicted molar refractivity (Wildman–Crippen MR) is 92.2 cm³/mol. The van der Waals surface area contributed by atoms with E-state index in [2.05, 4.69) is 11.4 Å². The maximum Gasteiger partial charge on any atom is 0.322 e. The molecule has 4 rings (SSSR count). The van der Waals surface area contributed by atoms with Crippen LogP contribution in [0.1, 0.15) is 37.7 Å². The molecule has 1 saturated carbocycles. The van der Waals surface area contributed by atoms with Crippen LogP contribution in [0.15, 0.2) is 24.3 Å². The van der Waals surface area contributed by atoms with Crippen molar-refractivity contribution in [3.05, 3.63) is 29.8 Å². The molecule has 0 aromatic heterocycles. The lowest BCUT2D eigenvalue weighted by atomic mass is 9.63. The molecule has 0 spiro atoms. The first-order valence-electron chi connectivity index (χ1n) is 9.12. The average molecular weight is 330 g/mol. The number of nitrogens with one attached hydrogen (secondary N) is 1. The molecule has 1 aromatic rings. The van der Waals surface area contributed by atoms with Gasteiger partial charge in [-0.1, -0.05) is 24.6 Å². The minimum atomic E-state index is -0.204. The van der Waals surface area contributed by atoms with E-state index in [9.17, 15) is 9.90 Å². The highest BCUT2D eigenvalue weighted by Gasteiger charge is 2.49. The van der Waals surface area contributed by atoms with Crippen molar-refractivity contribution in [2.45, 2.75) is 50.7 Å². The lowest BCUT2D eigenvalue weighted by molar-refractivity contribution is -0.0462. The number of nitrogens with zero attached hydrogens (tertiary/aromatic N) is 1. The van der Waals surface area contributed by atoms with Crippen molar-refractivity contribution in [3.8, 4) is 0 Å². The first-order chi connectivity index (χ1) is 11.7. The lowest BCUT2D eigenvalue weighted by Crippen LogP contribution is -2.60. The molecule has 5 nitrogen and oxygen atoms in total. The van der Waals surface area contributed by atoms with Crippen molar-refractivity contribution in [2.75, 3.05) is 24.7 Å². The molecule has 1 aliphatic carbocycles. The molecule has 2 aliphatic heterocycles. The molecule has 2 fully saturated rings. The molecule has 2 heterocycles. The number of rotatable bonds is 4. The van der Waals surface area contributed by atoms with E-state index in [4.69, 9.17) is 4.74 Å². The number of aliphatic hydroxyl groups excluding tert-OH is 1. The molecule has 2 amide bonds. The highest BCUT2D eigenvalue weighted by atomic mass is 16.5. The molecule has 130 valence electrons. The van der Waals surface area contributed by atoms with Crippen LogP contribution < -0.4 is 10.2 Å². The number of urea groups is 1. The minimum absolute atomic E-state index is 0.0271. The summed E-state index contributed by atoms with van der Waals surface area (Å²) in [5.41, 5.74) is 2.03. The van der Waals surface area contributed by atoms with Crippen LogP contribution in [-0.4, -0.2) is 43.0 Å². The van der Waals surface area contributed by atoms with Crippen LogP contribution in [0.4, 0.5) is 10.5 Å². The Bertz CT molecular complexity index is 603. The summed E-state index contributed by atoms with van der Waals surface area (Å²) in [6, 6.07) is 7.93. The number of para-hydroxylation sites is 1. The van der Waals surface area contributed by atoms with E-state index in [1.807, 2.05) is 23.1 Å². The Morgan fingerprint density at radius 1 is 1.38 bits per heavy atom. The molecule has 3 aliphatic rings. The van der Waals surface area contributed by atoms with Gasteiger partial charge >= 0.3 is 6.03 Å². The maximum absolute atomic E-state index is 13.0.